The second kappa shape index (κ2) is 11.6. The van der Waals surface area contributed by atoms with Crippen LogP contribution in [-0.2, 0) is 4.79 Å². The van der Waals surface area contributed by atoms with Gasteiger partial charge in [-0.2, -0.15) is 0 Å². The summed E-state index contributed by atoms with van der Waals surface area (Å²) in [6.45, 7) is 3.36. The van der Waals surface area contributed by atoms with Gasteiger partial charge >= 0.3 is 0 Å². The Morgan fingerprint density at radius 1 is 1.03 bits per heavy atom. The van der Waals surface area contributed by atoms with Crippen LogP contribution in [0.2, 0.25) is 0 Å². The number of halogens is 1. The number of aromatic nitrogens is 1. The molecule has 0 fully saturated rings. The third-order valence-corrected chi connectivity index (χ3v) is 6.67. The molecule has 0 N–H and O–H groups in total. The Morgan fingerprint density at radius 3 is 2.29 bits per heavy atom. The summed E-state index contributed by atoms with van der Waals surface area (Å²) >= 11 is 2.99. The first-order valence-electron chi connectivity index (χ1n) is 9.59. The lowest BCUT2D eigenvalue weighted by Crippen LogP contribution is -2.37. The van der Waals surface area contributed by atoms with Crippen molar-refractivity contribution in [3.8, 4) is 11.5 Å². The number of hydrogen-bond acceptors (Lipinski definition) is 7. The predicted octanol–water partition coefficient (Wildman–Crippen LogP) is 4.73. The summed E-state index contributed by atoms with van der Waals surface area (Å²) in [5, 5.41) is 0.657. The molecule has 0 aliphatic carbocycles. The number of rotatable bonds is 9. The number of aryl methyl sites for hydroxylation is 1. The summed E-state index contributed by atoms with van der Waals surface area (Å²) in [5.74, 6) is 1.77. The molecule has 0 aliphatic rings. The van der Waals surface area contributed by atoms with Crippen molar-refractivity contribution in [3.63, 3.8) is 0 Å². The fourth-order valence-electron chi connectivity index (χ4n) is 2.87. The first-order chi connectivity index (χ1) is 14.4. The highest BCUT2D eigenvalue weighted by atomic mass is 35.5. The maximum Gasteiger partial charge on any atom is 0.239 e. The number of carbonyl (C=O) groups excluding carboxylic acids is 1. The Balaban J connectivity index is 0.00000341. The largest absolute Gasteiger partial charge is 0.495 e. The lowest BCUT2D eigenvalue weighted by Gasteiger charge is -2.21. The van der Waals surface area contributed by atoms with Crippen molar-refractivity contribution in [2.45, 2.75) is 11.8 Å². The van der Waals surface area contributed by atoms with Gasteiger partial charge in [-0.3, -0.25) is 9.69 Å². The van der Waals surface area contributed by atoms with Crippen LogP contribution in [0.15, 0.2) is 41.3 Å². The highest BCUT2D eigenvalue weighted by molar-refractivity contribution is 8.00. The van der Waals surface area contributed by atoms with Gasteiger partial charge in [0.2, 0.25) is 5.91 Å². The van der Waals surface area contributed by atoms with E-state index in [9.17, 15) is 4.79 Å². The van der Waals surface area contributed by atoms with E-state index in [0.29, 0.717) is 28.7 Å². The van der Waals surface area contributed by atoms with E-state index in [4.69, 9.17) is 14.5 Å². The number of likely N-dealkylation sites (N-methyl/N-ethyl adjacent to an activating group) is 1. The van der Waals surface area contributed by atoms with Crippen molar-refractivity contribution in [2.75, 3.05) is 52.1 Å². The summed E-state index contributed by atoms with van der Waals surface area (Å²) in [7, 11) is 7.24. The molecular weight excluding hydrogens is 454 g/mol. The van der Waals surface area contributed by atoms with Crippen molar-refractivity contribution in [2.24, 2.45) is 0 Å². The highest BCUT2D eigenvalue weighted by Crippen LogP contribution is 2.40. The SMILES string of the molecule is COc1ccc(OC)c2sc(N(CCN(C)C)C(=O)CSc3ccc(C)cc3)nc12.Cl. The minimum Gasteiger partial charge on any atom is -0.495 e. The Kier molecular flexibility index (Phi) is 9.43. The maximum atomic E-state index is 13.2. The zero-order valence-corrected chi connectivity index (χ0v) is 20.8. The van der Waals surface area contributed by atoms with E-state index in [0.717, 1.165) is 21.9 Å². The van der Waals surface area contributed by atoms with Crippen LogP contribution in [0, 0.1) is 6.92 Å². The fourth-order valence-corrected chi connectivity index (χ4v) is 4.77. The first kappa shape index (κ1) is 25.3. The van der Waals surface area contributed by atoms with Crippen molar-refractivity contribution in [1.29, 1.82) is 0 Å². The smallest absolute Gasteiger partial charge is 0.239 e. The molecule has 0 unspecified atom stereocenters. The van der Waals surface area contributed by atoms with Gasteiger partial charge < -0.3 is 14.4 Å². The van der Waals surface area contributed by atoms with E-state index in [1.54, 1.807) is 19.1 Å². The Labute approximate surface area is 197 Å². The average Bonchev–Trinajstić information content (AvgIpc) is 3.17. The second-order valence-corrected chi connectivity index (χ2v) is 9.12. The molecule has 6 nitrogen and oxygen atoms in total. The number of hydrogen-bond donors (Lipinski definition) is 0. The van der Waals surface area contributed by atoms with Gasteiger partial charge in [0, 0.05) is 18.0 Å². The number of carbonyl (C=O) groups is 1. The Bertz CT molecular complexity index is 968. The number of nitrogens with zero attached hydrogens (tertiary/aromatic N) is 3. The molecule has 0 bridgehead atoms. The van der Waals surface area contributed by atoms with Gasteiger partial charge in [0.05, 0.1) is 20.0 Å². The molecular formula is C22H28ClN3O3S2. The minimum absolute atomic E-state index is 0. The van der Waals surface area contributed by atoms with E-state index in [2.05, 4.69) is 24.0 Å². The Hall–Kier alpha value is -2.00. The standard InChI is InChI=1S/C22H27N3O3S2.ClH/c1-15-6-8-16(9-7-15)29-14-19(26)25(13-12-24(2)3)22-23-20-17(27-4)10-11-18(28-5)21(20)30-22;/h6-11H,12-14H2,1-5H3;1H. The summed E-state index contributed by atoms with van der Waals surface area (Å²) in [5.41, 5.74) is 1.92. The number of methoxy groups -OCH3 is 2. The van der Waals surface area contributed by atoms with Crippen LogP contribution in [0.4, 0.5) is 5.13 Å². The summed E-state index contributed by atoms with van der Waals surface area (Å²) in [6, 6.07) is 11.9. The van der Waals surface area contributed by atoms with Gasteiger partial charge in [-0.25, -0.2) is 4.98 Å². The number of amides is 1. The normalized spacial score (nSPS) is 10.8. The van der Waals surface area contributed by atoms with Gasteiger partial charge in [0.1, 0.15) is 21.7 Å². The monoisotopic (exact) mass is 481 g/mol. The van der Waals surface area contributed by atoms with E-state index in [1.165, 1.54) is 28.7 Å². The van der Waals surface area contributed by atoms with Gasteiger partial charge in [-0.1, -0.05) is 29.0 Å². The molecule has 1 heterocycles. The van der Waals surface area contributed by atoms with Gasteiger partial charge in [-0.05, 0) is 45.3 Å². The van der Waals surface area contributed by atoms with Gasteiger partial charge in [-0.15, -0.1) is 24.2 Å². The summed E-state index contributed by atoms with van der Waals surface area (Å²) < 4.78 is 11.8. The van der Waals surface area contributed by atoms with Crippen LogP contribution in [0.1, 0.15) is 5.56 Å². The van der Waals surface area contributed by atoms with Gasteiger partial charge in [0.25, 0.3) is 0 Å². The number of fused-ring (bicyclic) bond motifs is 1. The topological polar surface area (TPSA) is 54.9 Å². The molecule has 9 heteroatoms. The number of thiazole rings is 1. The number of benzene rings is 2. The molecule has 0 atom stereocenters. The quantitative estimate of drug-likeness (QED) is 0.412. The summed E-state index contributed by atoms with van der Waals surface area (Å²) in [6.07, 6.45) is 0. The average molecular weight is 482 g/mol. The molecule has 0 spiro atoms. The highest BCUT2D eigenvalue weighted by Gasteiger charge is 2.22. The van der Waals surface area contributed by atoms with Crippen LogP contribution in [-0.4, -0.2) is 62.9 Å². The molecule has 0 radical (unpaired) electrons. The van der Waals surface area contributed by atoms with Crippen LogP contribution < -0.4 is 14.4 Å². The van der Waals surface area contributed by atoms with E-state index < -0.39 is 0 Å². The summed E-state index contributed by atoms with van der Waals surface area (Å²) in [4.78, 5) is 22.8. The van der Waals surface area contributed by atoms with Crippen molar-refractivity contribution in [1.82, 2.24) is 9.88 Å². The van der Waals surface area contributed by atoms with Crippen molar-refractivity contribution < 1.29 is 14.3 Å². The molecule has 2 aromatic carbocycles. The first-order valence-corrected chi connectivity index (χ1v) is 11.4. The molecule has 1 amide bonds. The predicted molar refractivity (Wildman–Crippen MR) is 133 cm³/mol. The third kappa shape index (κ3) is 6.26. The van der Waals surface area contributed by atoms with Crippen molar-refractivity contribution >= 4 is 56.8 Å². The van der Waals surface area contributed by atoms with Crippen molar-refractivity contribution in [3.05, 3.63) is 42.0 Å². The lowest BCUT2D eigenvalue weighted by atomic mass is 10.2. The molecule has 0 saturated carbocycles. The molecule has 1 aromatic heterocycles. The molecule has 0 saturated heterocycles. The number of ether oxygens (including phenoxy) is 2. The van der Waals surface area contributed by atoms with Crippen LogP contribution in [0.5, 0.6) is 11.5 Å². The van der Waals surface area contributed by atoms with E-state index in [-0.39, 0.29) is 18.3 Å². The number of anilines is 1. The minimum atomic E-state index is 0. The molecule has 168 valence electrons. The molecule has 3 aromatic rings. The maximum absolute atomic E-state index is 13.2. The third-order valence-electron chi connectivity index (χ3n) is 4.59. The number of thioether (sulfide) groups is 1. The molecule has 3 rings (SSSR count). The zero-order valence-electron chi connectivity index (χ0n) is 18.4. The van der Waals surface area contributed by atoms with Crippen LogP contribution in [0.3, 0.4) is 0 Å². The fraction of sp³-hybridized carbons (Fsp3) is 0.364. The molecule has 0 aliphatic heterocycles. The zero-order chi connectivity index (χ0) is 21.7. The van der Waals surface area contributed by atoms with Gasteiger partial charge in [0.15, 0.2) is 5.13 Å². The Morgan fingerprint density at radius 2 is 1.68 bits per heavy atom. The van der Waals surface area contributed by atoms with Crippen LogP contribution >= 0.6 is 35.5 Å². The molecule has 31 heavy (non-hydrogen) atoms. The lowest BCUT2D eigenvalue weighted by molar-refractivity contribution is -0.116. The van der Waals surface area contributed by atoms with E-state index >= 15 is 0 Å². The van der Waals surface area contributed by atoms with E-state index in [1.807, 2.05) is 38.4 Å². The van der Waals surface area contributed by atoms with Crippen LogP contribution in [0.25, 0.3) is 10.2 Å². The second-order valence-electron chi connectivity index (χ2n) is 7.09.